The number of carbonyl (C=O) groups excluding carboxylic acids is 1. The van der Waals surface area contributed by atoms with E-state index in [-0.39, 0.29) is 0 Å². The van der Waals surface area contributed by atoms with E-state index in [2.05, 4.69) is 10.3 Å². The number of carbonyl (C=O) groups is 1. The molecule has 1 aromatic heterocycles. The molecule has 0 atom stereocenters. The van der Waals surface area contributed by atoms with Gasteiger partial charge in [0.15, 0.2) is 0 Å². The molecule has 0 spiro atoms. The Morgan fingerprint density at radius 1 is 1.05 bits per heavy atom. The van der Waals surface area contributed by atoms with Gasteiger partial charge in [-0.2, -0.15) is 0 Å². The lowest BCUT2D eigenvalue weighted by molar-refractivity contribution is 0.0636. The molecule has 0 aliphatic rings. The van der Waals surface area contributed by atoms with Crippen molar-refractivity contribution >= 4 is 11.8 Å². The summed E-state index contributed by atoms with van der Waals surface area (Å²) in [5.74, 6) is 0. The third-order valence-electron chi connectivity index (χ3n) is 2.76. The number of rotatable bonds is 3. The molecule has 2 rings (SSSR count). The lowest BCUT2D eigenvalue weighted by atomic mass is 10.1. The zero-order valence-corrected chi connectivity index (χ0v) is 12.6. The number of nitrogens with zero attached hydrogens (tertiary/aromatic N) is 1. The maximum atomic E-state index is 11.7. The van der Waals surface area contributed by atoms with Gasteiger partial charge in [-0.15, -0.1) is 0 Å². The van der Waals surface area contributed by atoms with Crippen LogP contribution in [0.1, 0.15) is 31.9 Å². The van der Waals surface area contributed by atoms with Crippen LogP contribution in [0.25, 0.3) is 0 Å². The second-order valence-electron chi connectivity index (χ2n) is 5.86. The molecule has 0 saturated carbocycles. The number of aromatic nitrogens is 1. The first-order chi connectivity index (χ1) is 9.92. The number of amides is 1. The molecular formula is C17H20N2O2. The fraction of sp³-hybridized carbons (Fsp3) is 0.294. The van der Waals surface area contributed by atoms with E-state index in [4.69, 9.17) is 4.74 Å². The first kappa shape index (κ1) is 15.0. The van der Waals surface area contributed by atoms with Gasteiger partial charge in [0.1, 0.15) is 5.60 Å². The van der Waals surface area contributed by atoms with Gasteiger partial charge in [-0.1, -0.05) is 12.1 Å². The van der Waals surface area contributed by atoms with Crippen molar-refractivity contribution in [3.8, 4) is 0 Å². The topological polar surface area (TPSA) is 51.2 Å². The summed E-state index contributed by atoms with van der Waals surface area (Å²) in [6.07, 6.45) is 3.97. The van der Waals surface area contributed by atoms with Crippen molar-refractivity contribution in [3.05, 3.63) is 59.9 Å². The molecule has 4 heteroatoms. The number of benzene rings is 1. The smallest absolute Gasteiger partial charge is 0.412 e. The molecule has 0 unspecified atom stereocenters. The SMILES string of the molecule is CC(C)(C)OC(=O)Nc1ccc(Cc2ccncc2)cc1. The summed E-state index contributed by atoms with van der Waals surface area (Å²) in [5.41, 5.74) is 2.61. The Labute approximate surface area is 125 Å². The van der Waals surface area contributed by atoms with E-state index >= 15 is 0 Å². The quantitative estimate of drug-likeness (QED) is 0.926. The Morgan fingerprint density at radius 3 is 2.19 bits per heavy atom. The predicted molar refractivity (Wildman–Crippen MR) is 83.3 cm³/mol. The summed E-state index contributed by atoms with van der Waals surface area (Å²) in [7, 11) is 0. The highest BCUT2D eigenvalue weighted by Crippen LogP contribution is 2.15. The summed E-state index contributed by atoms with van der Waals surface area (Å²) in [6.45, 7) is 5.51. The molecule has 0 radical (unpaired) electrons. The van der Waals surface area contributed by atoms with Crippen LogP contribution < -0.4 is 5.32 Å². The van der Waals surface area contributed by atoms with Crippen LogP contribution in [0, 0.1) is 0 Å². The molecule has 1 N–H and O–H groups in total. The van der Waals surface area contributed by atoms with Gasteiger partial charge in [0.2, 0.25) is 0 Å². The molecule has 0 fully saturated rings. The molecular weight excluding hydrogens is 264 g/mol. The van der Waals surface area contributed by atoms with Crippen molar-refractivity contribution in [3.63, 3.8) is 0 Å². The van der Waals surface area contributed by atoms with Crippen molar-refractivity contribution in [2.24, 2.45) is 0 Å². The molecule has 110 valence electrons. The molecule has 1 aromatic carbocycles. The van der Waals surface area contributed by atoms with Gasteiger partial charge in [0.05, 0.1) is 0 Å². The van der Waals surface area contributed by atoms with E-state index in [0.717, 1.165) is 12.1 Å². The van der Waals surface area contributed by atoms with E-state index in [1.165, 1.54) is 11.1 Å². The number of anilines is 1. The van der Waals surface area contributed by atoms with Crippen molar-refractivity contribution in [1.82, 2.24) is 4.98 Å². The number of pyridine rings is 1. The highest BCUT2D eigenvalue weighted by Gasteiger charge is 2.15. The first-order valence-corrected chi connectivity index (χ1v) is 6.90. The average Bonchev–Trinajstić information content (AvgIpc) is 2.40. The van der Waals surface area contributed by atoms with Gasteiger partial charge in [-0.05, 0) is 62.6 Å². The van der Waals surface area contributed by atoms with Gasteiger partial charge < -0.3 is 4.74 Å². The van der Waals surface area contributed by atoms with Gasteiger partial charge in [-0.3, -0.25) is 10.3 Å². The van der Waals surface area contributed by atoms with Gasteiger partial charge in [-0.25, -0.2) is 4.79 Å². The van der Waals surface area contributed by atoms with E-state index in [1.807, 2.05) is 57.2 Å². The Bertz CT molecular complexity index is 586. The minimum Gasteiger partial charge on any atom is -0.444 e. The number of nitrogens with one attached hydrogen (secondary N) is 1. The molecule has 1 heterocycles. The van der Waals surface area contributed by atoms with E-state index < -0.39 is 11.7 Å². The molecule has 0 aliphatic carbocycles. The minimum absolute atomic E-state index is 0.440. The summed E-state index contributed by atoms with van der Waals surface area (Å²) < 4.78 is 5.21. The van der Waals surface area contributed by atoms with Gasteiger partial charge in [0.25, 0.3) is 0 Å². The Morgan fingerprint density at radius 2 is 1.62 bits per heavy atom. The molecule has 2 aromatic rings. The normalized spacial score (nSPS) is 11.0. The van der Waals surface area contributed by atoms with E-state index in [0.29, 0.717) is 0 Å². The number of ether oxygens (including phenoxy) is 1. The minimum atomic E-state index is -0.495. The fourth-order valence-corrected chi connectivity index (χ4v) is 1.86. The van der Waals surface area contributed by atoms with E-state index in [1.54, 1.807) is 12.4 Å². The number of hydrogen-bond donors (Lipinski definition) is 1. The predicted octanol–water partition coefficient (Wildman–Crippen LogP) is 4.02. The fourth-order valence-electron chi connectivity index (χ4n) is 1.86. The van der Waals surface area contributed by atoms with Crippen LogP contribution in [-0.2, 0) is 11.2 Å². The molecule has 4 nitrogen and oxygen atoms in total. The zero-order valence-electron chi connectivity index (χ0n) is 12.6. The van der Waals surface area contributed by atoms with Crippen LogP contribution >= 0.6 is 0 Å². The van der Waals surface area contributed by atoms with Crippen molar-refractivity contribution in [2.75, 3.05) is 5.32 Å². The van der Waals surface area contributed by atoms with Crippen molar-refractivity contribution in [2.45, 2.75) is 32.8 Å². The largest absolute Gasteiger partial charge is 0.444 e. The molecule has 21 heavy (non-hydrogen) atoms. The third kappa shape index (κ3) is 5.26. The lowest BCUT2D eigenvalue weighted by Crippen LogP contribution is -2.27. The lowest BCUT2D eigenvalue weighted by Gasteiger charge is -2.19. The highest BCUT2D eigenvalue weighted by molar-refractivity contribution is 5.84. The molecule has 1 amide bonds. The third-order valence-corrected chi connectivity index (χ3v) is 2.76. The van der Waals surface area contributed by atoms with Crippen molar-refractivity contribution in [1.29, 1.82) is 0 Å². The Balaban J connectivity index is 1.95. The van der Waals surface area contributed by atoms with Crippen LogP contribution in [-0.4, -0.2) is 16.7 Å². The van der Waals surface area contributed by atoms with Crippen LogP contribution in [0.5, 0.6) is 0 Å². The summed E-state index contributed by atoms with van der Waals surface area (Å²) in [4.78, 5) is 15.7. The second-order valence-corrected chi connectivity index (χ2v) is 5.86. The van der Waals surface area contributed by atoms with Crippen molar-refractivity contribution < 1.29 is 9.53 Å². The second kappa shape index (κ2) is 6.39. The maximum absolute atomic E-state index is 11.7. The van der Waals surface area contributed by atoms with Gasteiger partial charge >= 0.3 is 6.09 Å². The molecule has 0 aliphatic heterocycles. The zero-order chi connectivity index (χ0) is 15.3. The van der Waals surface area contributed by atoms with Crippen LogP contribution in [0.4, 0.5) is 10.5 Å². The van der Waals surface area contributed by atoms with Crippen LogP contribution in [0.2, 0.25) is 0 Å². The monoisotopic (exact) mass is 284 g/mol. The van der Waals surface area contributed by atoms with Crippen LogP contribution in [0.3, 0.4) is 0 Å². The average molecular weight is 284 g/mol. The first-order valence-electron chi connectivity index (χ1n) is 6.90. The molecule has 0 saturated heterocycles. The number of hydrogen-bond acceptors (Lipinski definition) is 3. The highest BCUT2D eigenvalue weighted by atomic mass is 16.6. The maximum Gasteiger partial charge on any atom is 0.412 e. The summed E-state index contributed by atoms with van der Waals surface area (Å²) >= 11 is 0. The Hall–Kier alpha value is -2.36. The summed E-state index contributed by atoms with van der Waals surface area (Å²) in [5, 5.41) is 2.72. The summed E-state index contributed by atoms with van der Waals surface area (Å²) in [6, 6.07) is 11.7. The van der Waals surface area contributed by atoms with Gasteiger partial charge in [0, 0.05) is 18.1 Å². The van der Waals surface area contributed by atoms with E-state index in [9.17, 15) is 4.79 Å². The van der Waals surface area contributed by atoms with Crippen LogP contribution in [0.15, 0.2) is 48.8 Å². The Kier molecular flexibility index (Phi) is 4.58. The standard InChI is InChI=1S/C17H20N2O2/c1-17(2,3)21-16(20)19-15-6-4-13(5-7-15)12-14-8-10-18-11-9-14/h4-11H,12H2,1-3H3,(H,19,20). The molecule has 0 bridgehead atoms.